The van der Waals surface area contributed by atoms with E-state index < -0.39 is 16.1 Å². The van der Waals surface area contributed by atoms with Crippen molar-refractivity contribution in [2.45, 2.75) is 24.2 Å². The summed E-state index contributed by atoms with van der Waals surface area (Å²) in [6.45, 7) is 0. The molecular formula is C21H19N5O6S. The molecule has 0 radical (unpaired) electrons. The van der Waals surface area contributed by atoms with Crippen LogP contribution in [0.15, 0.2) is 66.1 Å². The minimum atomic E-state index is -4.07. The molecule has 0 spiro atoms. The highest BCUT2D eigenvalue weighted by atomic mass is 32.2. The van der Waals surface area contributed by atoms with Crippen molar-refractivity contribution in [3.63, 3.8) is 0 Å². The minimum absolute atomic E-state index is 0.00890. The summed E-state index contributed by atoms with van der Waals surface area (Å²) in [5, 5.41) is 11.2. The van der Waals surface area contributed by atoms with Crippen LogP contribution in [0, 0.1) is 0 Å². The molecule has 0 unspecified atom stereocenters. The first-order valence-electron chi connectivity index (χ1n) is 9.84. The first kappa shape index (κ1) is 22.0. The summed E-state index contributed by atoms with van der Waals surface area (Å²) in [6.07, 6.45) is 5.11. The van der Waals surface area contributed by atoms with Crippen molar-refractivity contribution in [3.8, 4) is 11.4 Å². The van der Waals surface area contributed by atoms with Crippen molar-refractivity contribution in [3.05, 3.63) is 61.2 Å². The minimum Gasteiger partial charge on any atom is -0.481 e. The molecule has 4 rings (SSSR count). The van der Waals surface area contributed by atoms with E-state index in [1.165, 1.54) is 24.3 Å². The molecule has 2 aromatic heterocycles. The number of carbonyl (C=O) groups is 2. The normalized spacial score (nSPS) is 11.4. The van der Waals surface area contributed by atoms with Crippen LogP contribution in [0.2, 0.25) is 0 Å². The number of carboxylic acid groups (broad SMARTS) is 1. The highest BCUT2D eigenvalue weighted by molar-refractivity contribution is 7.87. The van der Waals surface area contributed by atoms with Gasteiger partial charge in [-0.3, -0.25) is 14.9 Å². The number of nitrogens with zero attached hydrogens (tertiary/aromatic N) is 3. The number of fused-ring (bicyclic) bond motifs is 1. The van der Waals surface area contributed by atoms with Crippen LogP contribution in [0.25, 0.3) is 16.7 Å². The van der Waals surface area contributed by atoms with E-state index in [0.717, 1.165) is 5.69 Å². The van der Waals surface area contributed by atoms with Crippen LogP contribution in [0.3, 0.4) is 0 Å². The van der Waals surface area contributed by atoms with Crippen LogP contribution >= 0.6 is 0 Å². The number of rotatable bonds is 9. The first-order chi connectivity index (χ1) is 15.8. The molecule has 0 aliphatic carbocycles. The van der Waals surface area contributed by atoms with Gasteiger partial charge in [0, 0.05) is 37.0 Å². The Morgan fingerprint density at radius 1 is 1.12 bits per heavy atom. The van der Waals surface area contributed by atoms with E-state index in [4.69, 9.17) is 9.29 Å². The zero-order valence-corrected chi connectivity index (χ0v) is 17.9. The number of carboxylic acids is 1. The molecule has 170 valence electrons. The Labute approximate surface area is 188 Å². The second kappa shape index (κ2) is 9.12. The smallest absolute Gasteiger partial charge is 0.339 e. The van der Waals surface area contributed by atoms with E-state index in [9.17, 15) is 18.0 Å². The van der Waals surface area contributed by atoms with E-state index in [1.807, 2.05) is 0 Å². The average molecular weight is 469 g/mol. The summed E-state index contributed by atoms with van der Waals surface area (Å²) >= 11 is 0. The molecule has 2 heterocycles. The van der Waals surface area contributed by atoms with Crippen LogP contribution in [-0.2, 0) is 19.7 Å². The Kier molecular flexibility index (Phi) is 6.09. The topological polar surface area (TPSA) is 156 Å². The Bertz CT molecular complexity index is 1390. The van der Waals surface area contributed by atoms with Crippen molar-refractivity contribution < 1.29 is 27.3 Å². The number of aliphatic carboxylic acids is 1. The summed E-state index contributed by atoms with van der Waals surface area (Å²) in [5.74, 6) is -1.11. The molecule has 0 bridgehead atoms. The summed E-state index contributed by atoms with van der Waals surface area (Å²) in [5.41, 5.74) is 1.70. The van der Waals surface area contributed by atoms with Gasteiger partial charge in [-0.05, 0) is 42.8 Å². The van der Waals surface area contributed by atoms with Crippen LogP contribution in [0.1, 0.15) is 19.3 Å². The molecule has 0 aliphatic heterocycles. The molecule has 4 aromatic rings. The van der Waals surface area contributed by atoms with Gasteiger partial charge in [0.2, 0.25) is 11.9 Å². The molecule has 0 saturated carbocycles. The van der Waals surface area contributed by atoms with Gasteiger partial charge in [0.1, 0.15) is 10.6 Å². The van der Waals surface area contributed by atoms with Gasteiger partial charge in [-0.2, -0.15) is 8.42 Å². The fraction of sp³-hybridized carbons (Fsp3) is 0.143. The number of aromatic amines is 1. The van der Waals surface area contributed by atoms with E-state index in [0.29, 0.717) is 11.0 Å². The van der Waals surface area contributed by atoms with E-state index >= 15 is 0 Å². The van der Waals surface area contributed by atoms with Crippen molar-refractivity contribution in [2.24, 2.45) is 0 Å². The van der Waals surface area contributed by atoms with Crippen LogP contribution in [0.4, 0.5) is 5.95 Å². The second-order valence-electron chi connectivity index (χ2n) is 7.06. The molecule has 11 nitrogen and oxygen atoms in total. The molecule has 1 amide bonds. The zero-order chi connectivity index (χ0) is 23.4. The van der Waals surface area contributed by atoms with Crippen LogP contribution in [-0.4, -0.2) is 44.9 Å². The van der Waals surface area contributed by atoms with Gasteiger partial charge in [-0.25, -0.2) is 9.97 Å². The first-order valence-corrected chi connectivity index (χ1v) is 11.3. The number of carbonyl (C=O) groups excluding carboxylic acids is 1. The lowest BCUT2D eigenvalue weighted by atomic mass is 10.2. The number of hydrogen-bond donors (Lipinski definition) is 3. The third-order valence-corrected chi connectivity index (χ3v) is 5.90. The van der Waals surface area contributed by atoms with E-state index in [2.05, 4.69) is 20.3 Å². The number of hydrogen-bond acceptors (Lipinski definition) is 7. The molecule has 33 heavy (non-hydrogen) atoms. The summed E-state index contributed by atoms with van der Waals surface area (Å²) in [7, 11) is -4.07. The van der Waals surface area contributed by atoms with Crippen LogP contribution in [0.5, 0.6) is 5.75 Å². The fourth-order valence-electron chi connectivity index (χ4n) is 3.07. The number of benzene rings is 2. The number of amides is 1. The van der Waals surface area contributed by atoms with Gasteiger partial charge in [0.15, 0.2) is 0 Å². The molecule has 2 aromatic carbocycles. The molecule has 0 saturated heterocycles. The molecule has 12 heteroatoms. The predicted octanol–water partition coefficient (Wildman–Crippen LogP) is 2.71. The number of H-pyrrole nitrogens is 1. The lowest BCUT2D eigenvalue weighted by Gasteiger charge is -2.08. The maximum atomic E-state index is 12.7. The molecular weight excluding hydrogens is 450 g/mol. The monoisotopic (exact) mass is 469 g/mol. The van der Waals surface area contributed by atoms with E-state index in [-0.39, 0.29) is 41.8 Å². The SMILES string of the molecule is O=C(O)CCCC(=O)Nc1nc2ccc(OS(=O)(=O)c3ccc(-n4ccnc4)cc3)cc2[nH]1. The van der Waals surface area contributed by atoms with Gasteiger partial charge in [-0.15, -0.1) is 0 Å². The van der Waals surface area contributed by atoms with Gasteiger partial charge >= 0.3 is 16.1 Å². The second-order valence-corrected chi connectivity index (χ2v) is 8.61. The highest BCUT2D eigenvalue weighted by Crippen LogP contribution is 2.24. The predicted molar refractivity (Wildman–Crippen MR) is 118 cm³/mol. The molecule has 0 fully saturated rings. The Morgan fingerprint density at radius 3 is 2.61 bits per heavy atom. The summed E-state index contributed by atoms with van der Waals surface area (Å²) < 4.78 is 32.3. The Morgan fingerprint density at radius 2 is 1.91 bits per heavy atom. The maximum Gasteiger partial charge on any atom is 0.339 e. The van der Waals surface area contributed by atoms with Gasteiger partial charge < -0.3 is 18.8 Å². The standard InChI is InChI=1S/C21H19N5O6S/c27-19(2-1-3-20(28)29)25-21-23-17-9-6-15(12-18(17)24-21)32-33(30,31)16-7-4-14(5-8-16)26-11-10-22-13-26/h4-13H,1-3H2,(H,28,29)(H2,23,24,25,27). The lowest BCUT2D eigenvalue weighted by Crippen LogP contribution is -2.12. The van der Waals surface area contributed by atoms with Crippen LogP contribution < -0.4 is 9.50 Å². The van der Waals surface area contributed by atoms with Crippen molar-refractivity contribution >= 4 is 39.0 Å². The number of aromatic nitrogens is 4. The molecule has 0 aliphatic rings. The number of anilines is 1. The maximum absolute atomic E-state index is 12.7. The third kappa shape index (κ3) is 5.36. The largest absolute Gasteiger partial charge is 0.481 e. The van der Waals surface area contributed by atoms with Gasteiger partial charge in [0.05, 0.1) is 17.4 Å². The highest BCUT2D eigenvalue weighted by Gasteiger charge is 2.18. The molecule has 3 N–H and O–H groups in total. The lowest BCUT2D eigenvalue weighted by molar-refractivity contribution is -0.137. The van der Waals surface area contributed by atoms with Crippen molar-refractivity contribution in [2.75, 3.05) is 5.32 Å². The van der Waals surface area contributed by atoms with Gasteiger partial charge in [0.25, 0.3) is 0 Å². The van der Waals surface area contributed by atoms with Crippen molar-refractivity contribution in [1.82, 2.24) is 19.5 Å². The third-order valence-electron chi connectivity index (χ3n) is 4.64. The zero-order valence-electron chi connectivity index (χ0n) is 17.1. The fourth-order valence-corrected chi connectivity index (χ4v) is 3.99. The number of nitrogens with one attached hydrogen (secondary N) is 2. The summed E-state index contributed by atoms with van der Waals surface area (Å²) in [6, 6.07) is 10.6. The molecule has 0 atom stereocenters. The quantitative estimate of drug-likeness (QED) is 0.316. The van der Waals surface area contributed by atoms with Gasteiger partial charge in [-0.1, -0.05) is 0 Å². The Hall–Kier alpha value is -4.19. The number of imidazole rings is 2. The Balaban J connectivity index is 1.45. The summed E-state index contributed by atoms with van der Waals surface area (Å²) in [4.78, 5) is 33.5. The average Bonchev–Trinajstić information content (AvgIpc) is 3.43. The van der Waals surface area contributed by atoms with E-state index in [1.54, 1.807) is 41.5 Å². The van der Waals surface area contributed by atoms with Crippen molar-refractivity contribution in [1.29, 1.82) is 0 Å².